The molecule has 0 spiro atoms. The fourth-order valence-corrected chi connectivity index (χ4v) is 4.39. The minimum absolute atomic E-state index is 0.0450. The van der Waals surface area contributed by atoms with Crippen LogP contribution in [0.15, 0.2) is 47.4 Å². The van der Waals surface area contributed by atoms with E-state index in [-0.39, 0.29) is 27.9 Å². The summed E-state index contributed by atoms with van der Waals surface area (Å²) in [6, 6.07) is 9.28. The number of methoxy groups -OCH3 is 1. The highest BCUT2D eigenvalue weighted by Crippen LogP contribution is 2.31. The van der Waals surface area contributed by atoms with Crippen LogP contribution in [-0.2, 0) is 10.0 Å². The van der Waals surface area contributed by atoms with Crippen molar-refractivity contribution >= 4 is 27.3 Å². The number of likely N-dealkylation sites (tertiary alicyclic amines) is 1. The summed E-state index contributed by atoms with van der Waals surface area (Å²) in [5, 5.41) is 11.0. The molecule has 1 heterocycles. The maximum atomic E-state index is 12.7. The van der Waals surface area contributed by atoms with Crippen molar-refractivity contribution in [3.63, 3.8) is 0 Å². The van der Waals surface area contributed by atoms with Crippen molar-refractivity contribution in [1.29, 1.82) is 0 Å². The van der Waals surface area contributed by atoms with Crippen LogP contribution in [0.25, 0.3) is 0 Å². The lowest BCUT2D eigenvalue weighted by atomic mass is 10.2. The first kappa shape index (κ1) is 21.6. The average molecular weight is 433 g/mol. The van der Waals surface area contributed by atoms with Crippen LogP contribution in [0.4, 0.5) is 11.4 Å². The van der Waals surface area contributed by atoms with Gasteiger partial charge in [0.25, 0.3) is 21.6 Å². The second-order valence-corrected chi connectivity index (χ2v) is 8.66. The first-order valence-corrected chi connectivity index (χ1v) is 11.0. The van der Waals surface area contributed by atoms with Crippen LogP contribution < -0.4 is 9.46 Å². The fraction of sp³-hybridized carbons (Fsp3) is 0.350. The highest BCUT2D eigenvalue weighted by molar-refractivity contribution is 7.92. The van der Waals surface area contributed by atoms with Gasteiger partial charge in [-0.25, -0.2) is 8.42 Å². The van der Waals surface area contributed by atoms with Crippen molar-refractivity contribution in [2.75, 3.05) is 24.9 Å². The molecule has 0 aromatic heterocycles. The lowest BCUT2D eigenvalue weighted by Crippen LogP contribution is -2.31. The van der Waals surface area contributed by atoms with Crippen LogP contribution in [0, 0.1) is 10.1 Å². The number of nitro benzene ring substituents is 1. The molecule has 0 radical (unpaired) electrons. The number of nitro groups is 1. The molecule has 0 saturated carbocycles. The summed E-state index contributed by atoms with van der Waals surface area (Å²) in [5.41, 5.74) is 0.104. The number of benzene rings is 2. The quantitative estimate of drug-likeness (QED) is 0.551. The Morgan fingerprint density at radius 1 is 1.07 bits per heavy atom. The summed E-state index contributed by atoms with van der Waals surface area (Å²) in [5.74, 6) is 0.0336. The van der Waals surface area contributed by atoms with Gasteiger partial charge in [-0.15, -0.1) is 0 Å². The van der Waals surface area contributed by atoms with Crippen LogP contribution in [0.1, 0.15) is 36.0 Å². The number of ether oxygens (including phenoxy) is 1. The Kier molecular flexibility index (Phi) is 6.56. The number of rotatable bonds is 6. The summed E-state index contributed by atoms with van der Waals surface area (Å²) in [6.45, 7) is 1.40. The van der Waals surface area contributed by atoms with Crippen molar-refractivity contribution < 1.29 is 22.9 Å². The van der Waals surface area contributed by atoms with Gasteiger partial charge in [-0.3, -0.25) is 19.6 Å². The highest BCUT2D eigenvalue weighted by atomic mass is 32.2. The highest BCUT2D eigenvalue weighted by Gasteiger charge is 2.21. The molecule has 1 aliphatic rings. The molecule has 30 heavy (non-hydrogen) atoms. The summed E-state index contributed by atoms with van der Waals surface area (Å²) >= 11 is 0. The molecule has 0 aliphatic carbocycles. The summed E-state index contributed by atoms with van der Waals surface area (Å²) in [7, 11) is -2.70. The van der Waals surface area contributed by atoms with E-state index in [1.54, 1.807) is 4.90 Å². The monoisotopic (exact) mass is 433 g/mol. The predicted molar refractivity (Wildman–Crippen MR) is 111 cm³/mol. The van der Waals surface area contributed by atoms with Gasteiger partial charge in [0.1, 0.15) is 5.75 Å². The van der Waals surface area contributed by atoms with Gasteiger partial charge >= 0.3 is 0 Å². The molecule has 0 atom stereocenters. The van der Waals surface area contributed by atoms with Crippen molar-refractivity contribution in [2.24, 2.45) is 0 Å². The normalized spacial score (nSPS) is 14.6. The van der Waals surface area contributed by atoms with Crippen molar-refractivity contribution in [2.45, 2.75) is 30.6 Å². The SMILES string of the molecule is COc1ccc([N+](=O)[O-])cc1NS(=O)(=O)c1ccc(C(=O)N2CCCCCC2)cc1. The molecule has 2 aromatic rings. The van der Waals surface area contributed by atoms with Gasteiger partial charge in [0.05, 0.1) is 22.6 Å². The topological polar surface area (TPSA) is 119 Å². The summed E-state index contributed by atoms with van der Waals surface area (Å²) in [4.78, 5) is 24.8. The minimum atomic E-state index is -4.04. The maximum absolute atomic E-state index is 12.7. The number of sulfonamides is 1. The van der Waals surface area contributed by atoms with E-state index in [2.05, 4.69) is 4.72 Å². The van der Waals surface area contributed by atoms with Crippen LogP contribution in [-0.4, -0.2) is 44.3 Å². The first-order valence-electron chi connectivity index (χ1n) is 9.56. The Morgan fingerprint density at radius 2 is 1.70 bits per heavy atom. The number of hydrogen-bond donors (Lipinski definition) is 1. The van der Waals surface area contributed by atoms with E-state index in [9.17, 15) is 23.3 Å². The number of carbonyl (C=O) groups is 1. The smallest absolute Gasteiger partial charge is 0.271 e. The zero-order valence-electron chi connectivity index (χ0n) is 16.5. The van der Waals surface area contributed by atoms with Gasteiger partial charge < -0.3 is 9.64 Å². The van der Waals surface area contributed by atoms with Crippen molar-refractivity contribution in [3.05, 3.63) is 58.1 Å². The van der Waals surface area contributed by atoms with E-state index >= 15 is 0 Å². The largest absolute Gasteiger partial charge is 0.495 e. The predicted octanol–water partition coefficient (Wildman–Crippen LogP) is 3.42. The molecule has 1 N–H and O–H groups in total. The third-order valence-corrected chi connectivity index (χ3v) is 6.32. The van der Waals surface area contributed by atoms with E-state index in [1.807, 2.05) is 0 Å². The standard InChI is InChI=1S/C20H23N3O6S/c1-29-19-11-8-16(23(25)26)14-18(19)21-30(27,28)17-9-6-15(7-10-17)20(24)22-12-4-2-3-5-13-22/h6-11,14,21H,2-5,12-13H2,1H3. The van der Waals surface area contributed by atoms with Crippen LogP contribution in [0.2, 0.25) is 0 Å². The van der Waals surface area contributed by atoms with Crippen LogP contribution >= 0.6 is 0 Å². The van der Waals surface area contributed by atoms with E-state index in [1.165, 1.54) is 43.5 Å². The number of non-ortho nitro benzene ring substituents is 1. The summed E-state index contributed by atoms with van der Waals surface area (Å²) in [6.07, 6.45) is 4.14. The number of anilines is 1. The molecule has 2 aromatic carbocycles. The molecule has 9 nitrogen and oxygen atoms in total. The second-order valence-electron chi connectivity index (χ2n) is 6.98. The molecular formula is C20H23N3O6S. The van der Waals surface area contributed by atoms with Gasteiger partial charge in [0.2, 0.25) is 0 Å². The van der Waals surface area contributed by atoms with Gasteiger partial charge in [0.15, 0.2) is 0 Å². The number of amides is 1. The van der Waals surface area contributed by atoms with Gasteiger partial charge in [-0.2, -0.15) is 0 Å². The average Bonchev–Trinajstić information content (AvgIpc) is 3.02. The Balaban J connectivity index is 1.81. The lowest BCUT2D eigenvalue weighted by Gasteiger charge is -2.20. The molecule has 3 rings (SSSR count). The first-order chi connectivity index (χ1) is 14.3. The van der Waals surface area contributed by atoms with Crippen LogP contribution in [0.5, 0.6) is 5.75 Å². The molecule has 1 saturated heterocycles. The number of nitrogens with zero attached hydrogens (tertiary/aromatic N) is 2. The Labute approximate surface area is 174 Å². The fourth-order valence-electron chi connectivity index (χ4n) is 3.33. The molecule has 1 fully saturated rings. The number of nitrogens with one attached hydrogen (secondary N) is 1. The van der Waals surface area contributed by atoms with Crippen molar-refractivity contribution in [1.82, 2.24) is 4.90 Å². The maximum Gasteiger partial charge on any atom is 0.271 e. The van der Waals surface area contributed by atoms with E-state index < -0.39 is 14.9 Å². The summed E-state index contributed by atoms with van der Waals surface area (Å²) < 4.78 is 32.9. The van der Waals surface area contributed by atoms with E-state index in [4.69, 9.17) is 4.74 Å². The van der Waals surface area contributed by atoms with Gasteiger partial charge in [-0.1, -0.05) is 12.8 Å². The molecule has 1 amide bonds. The lowest BCUT2D eigenvalue weighted by molar-refractivity contribution is -0.384. The third-order valence-electron chi connectivity index (χ3n) is 4.94. The second kappa shape index (κ2) is 9.12. The molecule has 10 heteroatoms. The van der Waals surface area contributed by atoms with Crippen LogP contribution in [0.3, 0.4) is 0 Å². The Morgan fingerprint density at radius 3 is 2.27 bits per heavy atom. The molecule has 0 bridgehead atoms. The van der Waals surface area contributed by atoms with E-state index in [0.29, 0.717) is 18.7 Å². The Bertz CT molecular complexity index is 1030. The van der Waals surface area contributed by atoms with Gasteiger partial charge in [-0.05, 0) is 43.2 Å². The zero-order valence-corrected chi connectivity index (χ0v) is 17.4. The Hall–Kier alpha value is -3.14. The number of hydrogen-bond acceptors (Lipinski definition) is 6. The molecule has 1 aliphatic heterocycles. The molecule has 0 unspecified atom stereocenters. The molecular weight excluding hydrogens is 410 g/mol. The molecule has 160 valence electrons. The van der Waals surface area contributed by atoms with Gasteiger partial charge in [0, 0.05) is 30.8 Å². The number of carbonyl (C=O) groups excluding carboxylic acids is 1. The van der Waals surface area contributed by atoms with Crippen molar-refractivity contribution in [3.8, 4) is 5.75 Å². The zero-order chi connectivity index (χ0) is 21.7. The third kappa shape index (κ3) is 4.88. The minimum Gasteiger partial charge on any atom is -0.495 e. The van der Waals surface area contributed by atoms with E-state index in [0.717, 1.165) is 31.7 Å².